The number of nitrogens with one attached hydrogen (secondary N) is 1. The Kier molecular flexibility index (Phi) is 7.33. The fraction of sp³-hybridized carbons (Fsp3) is 0.435. The molecule has 0 unspecified atom stereocenters. The van der Waals surface area contributed by atoms with Crippen molar-refractivity contribution in [1.29, 1.82) is 0 Å². The van der Waals surface area contributed by atoms with E-state index < -0.39 is 23.8 Å². The summed E-state index contributed by atoms with van der Waals surface area (Å²) < 4.78 is 16.0. The zero-order chi connectivity index (χ0) is 22.7. The Balaban J connectivity index is 2.14. The van der Waals surface area contributed by atoms with Gasteiger partial charge in [-0.1, -0.05) is 41.1 Å². The largest absolute Gasteiger partial charge is 0.468 e. The second-order valence-corrected chi connectivity index (χ2v) is 8.54. The molecular formula is C23H26BrNO6. The molecule has 166 valence electrons. The standard InChI is InChI=1S/C23H26BrNO6/c1-12-11-16-20(21(26)17(12)22(27)30-4)19(14-7-5-6-8-15(14)24)18(13(2)25-16)23(28)31-10-9-29-3/h5-8,12,17,19,25H,9-11H2,1-4H3/t12-,17-,19+/m1/s1. The van der Waals surface area contributed by atoms with E-state index in [4.69, 9.17) is 14.2 Å². The predicted octanol–water partition coefficient (Wildman–Crippen LogP) is 3.25. The summed E-state index contributed by atoms with van der Waals surface area (Å²) in [5, 5.41) is 3.24. The Morgan fingerprint density at radius 1 is 1.19 bits per heavy atom. The van der Waals surface area contributed by atoms with Crippen LogP contribution in [-0.2, 0) is 28.6 Å². The van der Waals surface area contributed by atoms with Gasteiger partial charge in [-0.25, -0.2) is 4.79 Å². The summed E-state index contributed by atoms with van der Waals surface area (Å²) in [5.74, 6) is -3.24. The molecule has 0 aromatic heterocycles. The topological polar surface area (TPSA) is 90.9 Å². The number of allylic oxidation sites excluding steroid dienone is 3. The van der Waals surface area contributed by atoms with Crippen LogP contribution in [-0.4, -0.2) is 45.2 Å². The van der Waals surface area contributed by atoms with Crippen molar-refractivity contribution >= 4 is 33.7 Å². The maximum Gasteiger partial charge on any atom is 0.336 e. The highest BCUT2D eigenvalue weighted by molar-refractivity contribution is 9.10. The number of hydrogen-bond donors (Lipinski definition) is 1. The molecule has 2 aliphatic rings. The van der Waals surface area contributed by atoms with Gasteiger partial charge in [-0.15, -0.1) is 0 Å². The molecule has 0 saturated heterocycles. The van der Waals surface area contributed by atoms with E-state index in [1.54, 1.807) is 6.92 Å². The SMILES string of the molecule is COCCOC(=O)C1=C(C)NC2=C(C(=O)[C@H](C(=O)OC)[C@H](C)C2)[C@H]1c1ccccc1Br. The average Bonchev–Trinajstić information content (AvgIpc) is 2.73. The zero-order valence-electron chi connectivity index (χ0n) is 18.0. The van der Waals surface area contributed by atoms with Gasteiger partial charge in [-0.3, -0.25) is 9.59 Å². The molecular weight excluding hydrogens is 466 g/mol. The Labute approximate surface area is 189 Å². The minimum Gasteiger partial charge on any atom is -0.468 e. The van der Waals surface area contributed by atoms with Crippen LogP contribution in [0.5, 0.6) is 0 Å². The number of Topliss-reactive ketones (excluding diaryl/α,β-unsaturated/α-hetero) is 1. The highest BCUT2D eigenvalue weighted by atomic mass is 79.9. The maximum atomic E-state index is 13.6. The van der Waals surface area contributed by atoms with Gasteiger partial charge in [0.05, 0.1) is 19.3 Å². The summed E-state index contributed by atoms with van der Waals surface area (Å²) in [5.41, 5.74) is 2.85. The molecule has 1 aromatic carbocycles. The van der Waals surface area contributed by atoms with Crippen molar-refractivity contribution in [1.82, 2.24) is 5.32 Å². The minimum absolute atomic E-state index is 0.0937. The lowest BCUT2D eigenvalue weighted by atomic mass is 9.69. The first kappa shape index (κ1) is 23.2. The molecule has 0 fully saturated rings. The quantitative estimate of drug-likeness (QED) is 0.371. The maximum absolute atomic E-state index is 13.6. The van der Waals surface area contributed by atoms with Gasteiger partial charge in [0.25, 0.3) is 0 Å². The summed E-state index contributed by atoms with van der Waals surface area (Å²) >= 11 is 3.56. The number of esters is 2. The molecule has 0 bridgehead atoms. The van der Waals surface area contributed by atoms with Crippen molar-refractivity contribution < 1.29 is 28.6 Å². The molecule has 8 heteroatoms. The lowest BCUT2D eigenvalue weighted by Crippen LogP contribution is -2.43. The number of rotatable bonds is 6. The van der Waals surface area contributed by atoms with Crippen LogP contribution in [0.2, 0.25) is 0 Å². The molecule has 1 aliphatic heterocycles. The number of benzene rings is 1. The van der Waals surface area contributed by atoms with E-state index in [2.05, 4.69) is 21.2 Å². The molecule has 1 N–H and O–H groups in total. The lowest BCUT2D eigenvalue weighted by Gasteiger charge is -2.38. The highest BCUT2D eigenvalue weighted by Gasteiger charge is 2.47. The van der Waals surface area contributed by atoms with Crippen LogP contribution in [0, 0.1) is 11.8 Å². The summed E-state index contributed by atoms with van der Waals surface area (Å²) in [4.78, 5) is 39.1. The van der Waals surface area contributed by atoms with Crippen LogP contribution in [0.25, 0.3) is 0 Å². The first-order valence-electron chi connectivity index (χ1n) is 10.0. The van der Waals surface area contributed by atoms with Crippen molar-refractivity contribution in [3.63, 3.8) is 0 Å². The summed E-state index contributed by atoms with van der Waals surface area (Å²) in [6.07, 6.45) is 0.491. The number of methoxy groups -OCH3 is 2. The number of hydrogen-bond acceptors (Lipinski definition) is 7. The number of carbonyl (C=O) groups is 3. The summed E-state index contributed by atoms with van der Waals surface area (Å²) in [7, 11) is 2.80. The van der Waals surface area contributed by atoms with Gasteiger partial charge < -0.3 is 19.5 Å². The van der Waals surface area contributed by atoms with Crippen LogP contribution in [0.4, 0.5) is 0 Å². The Morgan fingerprint density at radius 2 is 1.90 bits per heavy atom. The van der Waals surface area contributed by atoms with E-state index >= 15 is 0 Å². The summed E-state index contributed by atoms with van der Waals surface area (Å²) in [6.45, 7) is 4.00. The molecule has 7 nitrogen and oxygen atoms in total. The van der Waals surface area contributed by atoms with E-state index in [0.717, 1.165) is 15.7 Å². The van der Waals surface area contributed by atoms with E-state index in [1.165, 1.54) is 14.2 Å². The molecule has 0 saturated carbocycles. The van der Waals surface area contributed by atoms with E-state index in [1.807, 2.05) is 31.2 Å². The second kappa shape index (κ2) is 9.78. The monoisotopic (exact) mass is 491 g/mol. The van der Waals surface area contributed by atoms with Crippen molar-refractivity contribution in [3.05, 3.63) is 56.8 Å². The molecule has 1 aromatic rings. The van der Waals surface area contributed by atoms with Crippen LogP contribution < -0.4 is 5.32 Å². The van der Waals surface area contributed by atoms with Crippen molar-refractivity contribution in [2.24, 2.45) is 11.8 Å². The fourth-order valence-corrected chi connectivity index (χ4v) is 4.78. The van der Waals surface area contributed by atoms with Gasteiger partial charge in [-0.2, -0.15) is 0 Å². The average molecular weight is 492 g/mol. The van der Waals surface area contributed by atoms with Crippen LogP contribution >= 0.6 is 15.9 Å². The van der Waals surface area contributed by atoms with Crippen molar-refractivity contribution in [3.8, 4) is 0 Å². The molecule has 1 heterocycles. The third kappa shape index (κ3) is 4.45. The van der Waals surface area contributed by atoms with Gasteiger partial charge >= 0.3 is 11.9 Å². The van der Waals surface area contributed by atoms with Crippen LogP contribution in [0.15, 0.2) is 51.3 Å². The highest BCUT2D eigenvalue weighted by Crippen LogP contribution is 2.46. The van der Waals surface area contributed by atoms with Crippen molar-refractivity contribution in [2.75, 3.05) is 27.4 Å². The molecule has 0 spiro atoms. The zero-order valence-corrected chi connectivity index (χ0v) is 19.6. The number of carbonyl (C=O) groups excluding carboxylic acids is 3. The van der Waals surface area contributed by atoms with Crippen molar-refractivity contribution in [2.45, 2.75) is 26.2 Å². The van der Waals surface area contributed by atoms with Gasteiger partial charge in [0.15, 0.2) is 5.78 Å². The summed E-state index contributed by atoms with van der Waals surface area (Å²) in [6, 6.07) is 7.42. The molecule has 0 amide bonds. The minimum atomic E-state index is -0.917. The van der Waals surface area contributed by atoms with Gasteiger partial charge in [0.2, 0.25) is 0 Å². The number of ether oxygens (including phenoxy) is 3. The predicted molar refractivity (Wildman–Crippen MR) is 117 cm³/mol. The van der Waals surface area contributed by atoms with Gasteiger partial charge in [0, 0.05) is 34.5 Å². The van der Waals surface area contributed by atoms with Gasteiger partial charge in [-0.05, 0) is 30.9 Å². The normalized spacial score (nSPS) is 23.3. The van der Waals surface area contributed by atoms with Crippen LogP contribution in [0.3, 0.4) is 0 Å². The first-order valence-corrected chi connectivity index (χ1v) is 10.8. The third-order valence-corrected chi connectivity index (χ3v) is 6.42. The Hall–Kier alpha value is -2.45. The van der Waals surface area contributed by atoms with E-state index in [9.17, 15) is 14.4 Å². The molecule has 0 radical (unpaired) electrons. The second-order valence-electron chi connectivity index (χ2n) is 7.69. The van der Waals surface area contributed by atoms with Crippen LogP contribution in [0.1, 0.15) is 31.7 Å². The first-order chi connectivity index (χ1) is 14.8. The number of dihydropyridines is 1. The molecule has 3 atom stereocenters. The van der Waals surface area contributed by atoms with E-state index in [-0.39, 0.29) is 24.9 Å². The third-order valence-electron chi connectivity index (χ3n) is 5.70. The lowest BCUT2D eigenvalue weighted by molar-refractivity contribution is -0.151. The van der Waals surface area contributed by atoms with Gasteiger partial charge in [0.1, 0.15) is 12.5 Å². The number of halogens is 1. The van der Waals surface area contributed by atoms with E-state index in [0.29, 0.717) is 23.3 Å². The molecule has 1 aliphatic carbocycles. The number of ketones is 1. The molecule has 3 rings (SSSR count). The Morgan fingerprint density at radius 3 is 2.55 bits per heavy atom. The smallest absolute Gasteiger partial charge is 0.336 e. The fourth-order valence-electron chi connectivity index (χ4n) is 4.27. The molecule has 31 heavy (non-hydrogen) atoms. The Bertz CT molecular complexity index is 967.